The van der Waals surface area contributed by atoms with E-state index in [1.807, 2.05) is 13.0 Å². The van der Waals surface area contributed by atoms with Crippen LogP contribution in [0.2, 0.25) is 5.28 Å². The summed E-state index contributed by atoms with van der Waals surface area (Å²) >= 11 is 5.97. The highest BCUT2D eigenvalue weighted by Gasteiger charge is 2.34. The quantitative estimate of drug-likeness (QED) is 0.729. The van der Waals surface area contributed by atoms with E-state index in [2.05, 4.69) is 26.7 Å². The van der Waals surface area contributed by atoms with Crippen LogP contribution < -0.4 is 4.90 Å². The molecule has 2 aliphatic rings. The van der Waals surface area contributed by atoms with Crippen LogP contribution >= 0.6 is 11.6 Å². The molecule has 2 saturated heterocycles. The number of fused-ring (bicyclic) bond motifs is 1. The van der Waals surface area contributed by atoms with Gasteiger partial charge in [-0.3, -0.25) is 4.90 Å². The summed E-state index contributed by atoms with van der Waals surface area (Å²) in [5, 5.41) is 0.353. The first-order chi connectivity index (χ1) is 8.63. The lowest BCUT2D eigenvalue weighted by Crippen LogP contribution is -2.55. The molecule has 1 aromatic heterocycles. The highest BCUT2D eigenvalue weighted by Crippen LogP contribution is 2.28. The van der Waals surface area contributed by atoms with Crippen molar-refractivity contribution < 1.29 is 0 Å². The molecule has 3 rings (SSSR count). The maximum atomic E-state index is 5.97. The number of aryl methyl sites for hydroxylation is 1. The number of halogens is 1. The average molecular weight is 267 g/mol. The van der Waals surface area contributed by atoms with E-state index in [0.717, 1.165) is 24.6 Å². The van der Waals surface area contributed by atoms with Crippen LogP contribution in [-0.2, 0) is 0 Å². The summed E-state index contributed by atoms with van der Waals surface area (Å²) in [6.07, 6.45) is 2.63. The fourth-order valence-corrected chi connectivity index (χ4v) is 3.39. The van der Waals surface area contributed by atoms with Gasteiger partial charge in [0.05, 0.1) is 0 Å². The fourth-order valence-electron chi connectivity index (χ4n) is 3.17. The van der Waals surface area contributed by atoms with Gasteiger partial charge in [-0.1, -0.05) is 0 Å². The van der Waals surface area contributed by atoms with E-state index >= 15 is 0 Å². The zero-order valence-electron chi connectivity index (χ0n) is 10.9. The van der Waals surface area contributed by atoms with Crippen molar-refractivity contribution in [3.8, 4) is 0 Å². The van der Waals surface area contributed by atoms with Gasteiger partial charge in [0.2, 0.25) is 5.28 Å². The first kappa shape index (κ1) is 12.2. The predicted octanol–water partition coefficient (Wildman–Crippen LogP) is 2.11. The summed E-state index contributed by atoms with van der Waals surface area (Å²) in [4.78, 5) is 13.5. The number of nitrogens with zero attached hydrogens (tertiary/aromatic N) is 4. The van der Waals surface area contributed by atoms with E-state index in [1.165, 1.54) is 19.4 Å². The molecular weight excluding hydrogens is 248 g/mol. The van der Waals surface area contributed by atoms with E-state index in [4.69, 9.17) is 11.6 Å². The Morgan fingerprint density at radius 2 is 2.17 bits per heavy atom. The highest BCUT2D eigenvalue weighted by atomic mass is 35.5. The van der Waals surface area contributed by atoms with E-state index in [0.29, 0.717) is 17.4 Å². The molecule has 5 heteroatoms. The fraction of sp³-hybridized carbons (Fsp3) is 0.692. The van der Waals surface area contributed by atoms with Gasteiger partial charge < -0.3 is 4.90 Å². The Bertz CT molecular complexity index is 430. The zero-order valence-corrected chi connectivity index (χ0v) is 11.7. The molecule has 2 fully saturated rings. The van der Waals surface area contributed by atoms with Gasteiger partial charge in [-0.25, -0.2) is 9.97 Å². The van der Waals surface area contributed by atoms with Crippen molar-refractivity contribution in [3.05, 3.63) is 17.0 Å². The summed E-state index contributed by atoms with van der Waals surface area (Å²) < 4.78 is 0. The Labute approximate surface area is 113 Å². The number of rotatable bonds is 1. The Morgan fingerprint density at radius 1 is 1.33 bits per heavy atom. The van der Waals surface area contributed by atoms with Crippen LogP contribution in [0, 0.1) is 6.92 Å². The molecule has 2 unspecified atom stereocenters. The Kier molecular flexibility index (Phi) is 3.16. The van der Waals surface area contributed by atoms with E-state index in [9.17, 15) is 0 Å². The molecule has 0 saturated carbocycles. The second-order valence-corrected chi connectivity index (χ2v) is 5.77. The number of anilines is 1. The molecule has 0 bridgehead atoms. The van der Waals surface area contributed by atoms with Crippen LogP contribution in [-0.4, -0.2) is 46.6 Å². The van der Waals surface area contributed by atoms with E-state index in [1.54, 1.807) is 0 Å². The molecule has 1 aromatic rings. The van der Waals surface area contributed by atoms with Gasteiger partial charge >= 0.3 is 0 Å². The van der Waals surface area contributed by atoms with Crippen molar-refractivity contribution in [2.75, 3.05) is 24.5 Å². The van der Waals surface area contributed by atoms with Gasteiger partial charge in [0.1, 0.15) is 5.82 Å². The first-order valence-corrected chi connectivity index (χ1v) is 7.03. The average Bonchev–Trinajstić information content (AvgIpc) is 2.73. The molecule has 3 heterocycles. The minimum absolute atomic E-state index is 0.353. The maximum Gasteiger partial charge on any atom is 0.224 e. The van der Waals surface area contributed by atoms with Gasteiger partial charge in [-0.05, 0) is 44.8 Å². The van der Waals surface area contributed by atoms with Crippen molar-refractivity contribution in [2.45, 2.75) is 38.8 Å². The summed E-state index contributed by atoms with van der Waals surface area (Å²) in [6.45, 7) is 7.68. The van der Waals surface area contributed by atoms with Gasteiger partial charge in [-0.15, -0.1) is 0 Å². The Balaban J connectivity index is 1.86. The van der Waals surface area contributed by atoms with Gasteiger partial charge in [0.25, 0.3) is 0 Å². The number of hydrogen-bond donors (Lipinski definition) is 0. The number of hydrogen-bond acceptors (Lipinski definition) is 4. The third kappa shape index (κ3) is 2.19. The zero-order chi connectivity index (χ0) is 12.7. The molecule has 98 valence electrons. The van der Waals surface area contributed by atoms with Crippen LogP contribution in [0.25, 0.3) is 0 Å². The van der Waals surface area contributed by atoms with Gasteiger partial charge in [-0.2, -0.15) is 0 Å². The summed E-state index contributed by atoms with van der Waals surface area (Å²) in [5.74, 6) is 0.978. The lowest BCUT2D eigenvalue weighted by Gasteiger charge is -2.43. The normalized spacial score (nSPS) is 28.5. The van der Waals surface area contributed by atoms with Crippen molar-refractivity contribution in [3.63, 3.8) is 0 Å². The monoisotopic (exact) mass is 266 g/mol. The van der Waals surface area contributed by atoms with E-state index < -0.39 is 0 Å². The van der Waals surface area contributed by atoms with Crippen LogP contribution in [0.1, 0.15) is 25.5 Å². The smallest absolute Gasteiger partial charge is 0.224 e. The van der Waals surface area contributed by atoms with Crippen molar-refractivity contribution in [1.29, 1.82) is 0 Å². The van der Waals surface area contributed by atoms with Crippen LogP contribution in [0.15, 0.2) is 6.07 Å². The largest absolute Gasteiger partial charge is 0.351 e. The number of aromatic nitrogens is 2. The molecule has 0 aromatic carbocycles. The summed E-state index contributed by atoms with van der Waals surface area (Å²) in [7, 11) is 0. The summed E-state index contributed by atoms with van der Waals surface area (Å²) in [6, 6.07) is 3.22. The summed E-state index contributed by atoms with van der Waals surface area (Å²) in [5.41, 5.74) is 0.936. The molecule has 2 atom stereocenters. The Hall–Kier alpha value is -0.870. The molecule has 0 spiro atoms. The predicted molar refractivity (Wildman–Crippen MR) is 73.2 cm³/mol. The van der Waals surface area contributed by atoms with Gasteiger partial charge in [0, 0.05) is 36.9 Å². The SMILES string of the molecule is Cc1cc(N2CC3CCCN3CC2C)nc(Cl)n1. The second-order valence-electron chi connectivity index (χ2n) is 5.43. The third-order valence-electron chi connectivity index (χ3n) is 4.04. The standard InChI is InChI=1S/C13H19ClN4/c1-9-6-12(16-13(14)15-9)18-8-11-4-3-5-17(11)7-10(18)2/h6,10-11H,3-5,7-8H2,1-2H3. The minimum Gasteiger partial charge on any atom is -0.351 e. The minimum atomic E-state index is 0.353. The molecule has 2 aliphatic heterocycles. The molecular formula is C13H19ClN4. The van der Waals surface area contributed by atoms with Crippen LogP contribution in [0.4, 0.5) is 5.82 Å². The van der Waals surface area contributed by atoms with Crippen molar-refractivity contribution in [2.24, 2.45) is 0 Å². The van der Waals surface area contributed by atoms with Crippen molar-refractivity contribution in [1.82, 2.24) is 14.9 Å². The lowest BCUT2D eigenvalue weighted by atomic mass is 10.1. The van der Waals surface area contributed by atoms with E-state index in [-0.39, 0.29) is 0 Å². The lowest BCUT2D eigenvalue weighted by molar-refractivity contribution is 0.202. The first-order valence-electron chi connectivity index (χ1n) is 6.65. The maximum absolute atomic E-state index is 5.97. The topological polar surface area (TPSA) is 32.3 Å². The van der Waals surface area contributed by atoms with Crippen molar-refractivity contribution >= 4 is 17.4 Å². The highest BCUT2D eigenvalue weighted by molar-refractivity contribution is 6.28. The second kappa shape index (κ2) is 4.67. The van der Waals surface area contributed by atoms with Crippen LogP contribution in [0.3, 0.4) is 0 Å². The van der Waals surface area contributed by atoms with Gasteiger partial charge in [0.15, 0.2) is 0 Å². The molecule has 4 nitrogen and oxygen atoms in total. The molecule has 0 aliphatic carbocycles. The molecule has 0 amide bonds. The molecule has 18 heavy (non-hydrogen) atoms. The number of piperazine rings is 1. The molecule has 0 N–H and O–H groups in total. The molecule has 0 radical (unpaired) electrons. The van der Waals surface area contributed by atoms with Crippen LogP contribution in [0.5, 0.6) is 0 Å². The third-order valence-corrected chi connectivity index (χ3v) is 4.21. The Morgan fingerprint density at radius 3 is 2.94 bits per heavy atom.